The summed E-state index contributed by atoms with van der Waals surface area (Å²) in [6.45, 7) is 4.82. The van der Waals surface area contributed by atoms with Crippen LogP contribution in [-0.4, -0.2) is 12.5 Å². The molecule has 0 aliphatic heterocycles. The number of benzene rings is 2. The highest BCUT2D eigenvalue weighted by atomic mass is 35.5. The van der Waals surface area contributed by atoms with Gasteiger partial charge < -0.3 is 5.32 Å². The maximum atomic E-state index is 11.9. The standard InChI is InChI=1S/C19H22ClNO/c1-14-6-7-17(15(2)12-14)8-9-19(22)21-11-10-16-4-3-5-18(20)13-16/h3-7,12-13H,8-11H2,1-2H3,(H,21,22). The summed E-state index contributed by atoms with van der Waals surface area (Å²) in [6.07, 6.45) is 2.12. The smallest absolute Gasteiger partial charge is 0.220 e. The van der Waals surface area contributed by atoms with Crippen LogP contribution in [0.15, 0.2) is 42.5 Å². The fraction of sp³-hybridized carbons (Fsp3) is 0.316. The van der Waals surface area contributed by atoms with Crippen molar-refractivity contribution in [3.8, 4) is 0 Å². The van der Waals surface area contributed by atoms with Crippen molar-refractivity contribution in [2.75, 3.05) is 6.54 Å². The third kappa shape index (κ3) is 5.19. The molecular weight excluding hydrogens is 294 g/mol. The van der Waals surface area contributed by atoms with E-state index in [4.69, 9.17) is 11.6 Å². The van der Waals surface area contributed by atoms with Crippen LogP contribution >= 0.6 is 11.6 Å². The molecule has 2 aromatic rings. The lowest BCUT2D eigenvalue weighted by Crippen LogP contribution is -2.25. The van der Waals surface area contributed by atoms with Gasteiger partial charge in [0, 0.05) is 18.0 Å². The molecule has 2 aromatic carbocycles. The fourth-order valence-corrected chi connectivity index (χ4v) is 2.71. The molecule has 0 unspecified atom stereocenters. The predicted molar refractivity (Wildman–Crippen MR) is 92.4 cm³/mol. The number of carbonyl (C=O) groups is 1. The van der Waals surface area contributed by atoms with Gasteiger partial charge >= 0.3 is 0 Å². The predicted octanol–water partition coefficient (Wildman–Crippen LogP) is 4.25. The van der Waals surface area contributed by atoms with E-state index in [-0.39, 0.29) is 5.91 Å². The number of aryl methyl sites for hydroxylation is 3. The Hall–Kier alpha value is -1.80. The van der Waals surface area contributed by atoms with E-state index in [2.05, 4.69) is 37.4 Å². The lowest BCUT2D eigenvalue weighted by atomic mass is 10.0. The maximum Gasteiger partial charge on any atom is 0.220 e. The highest BCUT2D eigenvalue weighted by Gasteiger charge is 2.04. The Balaban J connectivity index is 1.74. The first-order chi connectivity index (χ1) is 10.5. The van der Waals surface area contributed by atoms with E-state index in [0.29, 0.717) is 13.0 Å². The zero-order valence-electron chi connectivity index (χ0n) is 13.2. The number of amides is 1. The Bertz CT molecular complexity index is 652. The van der Waals surface area contributed by atoms with Gasteiger partial charge in [0.05, 0.1) is 0 Å². The number of hydrogen-bond donors (Lipinski definition) is 1. The molecule has 116 valence electrons. The Morgan fingerprint density at radius 1 is 1.09 bits per heavy atom. The lowest BCUT2D eigenvalue weighted by Gasteiger charge is -2.08. The van der Waals surface area contributed by atoms with E-state index in [9.17, 15) is 4.79 Å². The summed E-state index contributed by atoms with van der Waals surface area (Å²) in [5.74, 6) is 0.0991. The van der Waals surface area contributed by atoms with Crippen LogP contribution < -0.4 is 5.32 Å². The second-order valence-corrected chi connectivity index (χ2v) is 6.10. The SMILES string of the molecule is Cc1ccc(CCC(=O)NCCc2cccc(Cl)c2)c(C)c1. The Morgan fingerprint density at radius 2 is 1.91 bits per heavy atom. The summed E-state index contributed by atoms with van der Waals surface area (Å²) in [4.78, 5) is 11.9. The van der Waals surface area contributed by atoms with Gasteiger partial charge in [-0.2, -0.15) is 0 Å². The van der Waals surface area contributed by atoms with Gasteiger partial charge in [0.2, 0.25) is 5.91 Å². The molecule has 0 spiro atoms. The molecular formula is C19H22ClNO. The molecule has 0 aliphatic carbocycles. The molecule has 0 saturated heterocycles. The molecule has 3 heteroatoms. The van der Waals surface area contributed by atoms with Crippen LogP contribution in [0.1, 0.15) is 28.7 Å². The lowest BCUT2D eigenvalue weighted by molar-refractivity contribution is -0.121. The van der Waals surface area contributed by atoms with E-state index in [1.54, 1.807) is 0 Å². The van der Waals surface area contributed by atoms with Gasteiger partial charge in [-0.3, -0.25) is 4.79 Å². The second kappa shape index (κ2) is 8.00. The number of rotatable bonds is 6. The molecule has 0 radical (unpaired) electrons. The first-order valence-corrected chi connectivity index (χ1v) is 7.99. The molecule has 0 aromatic heterocycles. The van der Waals surface area contributed by atoms with Crippen LogP contribution in [0.25, 0.3) is 0 Å². The molecule has 0 saturated carbocycles. The van der Waals surface area contributed by atoms with Gasteiger partial charge in [-0.05, 0) is 55.5 Å². The Morgan fingerprint density at radius 3 is 2.64 bits per heavy atom. The Labute approximate surface area is 137 Å². The van der Waals surface area contributed by atoms with Crippen molar-refractivity contribution in [3.05, 3.63) is 69.7 Å². The van der Waals surface area contributed by atoms with E-state index in [0.717, 1.165) is 23.4 Å². The average Bonchev–Trinajstić information content (AvgIpc) is 2.46. The van der Waals surface area contributed by atoms with Crippen LogP contribution in [0.4, 0.5) is 0 Å². The summed E-state index contributed by atoms with van der Waals surface area (Å²) in [7, 11) is 0. The minimum absolute atomic E-state index is 0.0991. The largest absolute Gasteiger partial charge is 0.356 e. The monoisotopic (exact) mass is 315 g/mol. The highest BCUT2D eigenvalue weighted by Crippen LogP contribution is 2.13. The summed E-state index contributed by atoms with van der Waals surface area (Å²) in [5, 5.41) is 3.70. The molecule has 22 heavy (non-hydrogen) atoms. The number of hydrogen-bond acceptors (Lipinski definition) is 1. The van der Waals surface area contributed by atoms with Crippen molar-refractivity contribution in [2.24, 2.45) is 0 Å². The van der Waals surface area contributed by atoms with Gasteiger partial charge in [-0.15, -0.1) is 0 Å². The van der Waals surface area contributed by atoms with Crippen LogP contribution in [0.2, 0.25) is 5.02 Å². The molecule has 2 nitrogen and oxygen atoms in total. The van der Waals surface area contributed by atoms with Crippen molar-refractivity contribution in [2.45, 2.75) is 33.1 Å². The van der Waals surface area contributed by atoms with Crippen LogP contribution in [0, 0.1) is 13.8 Å². The molecule has 0 heterocycles. The van der Waals surface area contributed by atoms with Gasteiger partial charge in [0.15, 0.2) is 0 Å². The van der Waals surface area contributed by atoms with E-state index in [1.165, 1.54) is 16.7 Å². The van der Waals surface area contributed by atoms with Crippen molar-refractivity contribution < 1.29 is 4.79 Å². The molecule has 0 fully saturated rings. The number of carbonyl (C=O) groups excluding carboxylic acids is 1. The average molecular weight is 316 g/mol. The summed E-state index contributed by atoms with van der Waals surface area (Å²) >= 11 is 5.94. The van der Waals surface area contributed by atoms with E-state index >= 15 is 0 Å². The normalized spacial score (nSPS) is 10.5. The Kier molecular flexibility index (Phi) is 6.02. The summed E-state index contributed by atoms with van der Waals surface area (Å²) in [6, 6.07) is 14.1. The van der Waals surface area contributed by atoms with Crippen molar-refractivity contribution in [3.63, 3.8) is 0 Å². The number of halogens is 1. The van der Waals surface area contributed by atoms with Gasteiger partial charge in [-0.1, -0.05) is 47.5 Å². The topological polar surface area (TPSA) is 29.1 Å². The van der Waals surface area contributed by atoms with E-state index in [1.807, 2.05) is 24.3 Å². The van der Waals surface area contributed by atoms with Crippen LogP contribution in [0.3, 0.4) is 0 Å². The van der Waals surface area contributed by atoms with Gasteiger partial charge in [0.25, 0.3) is 0 Å². The summed E-state index contributed by atoms with van der Waals surface area (Å²) in [5.41, 5.74) is 4.90. The maximum absolute atomic E-state index is 11.9. The van der Waals surface area contributed by atoms with Crippen molar-refractivity contribution >= 4 is 17.5 Å². The van der Waals surface area contributed by atoms with Gasteiger partial charge in [-0.25, -0.2) is 0 Å². The highest BCUT2D eigenvalue weighted by molar-refractivity contribution is 6.30. The molecule has 0 aliphatic rings. The zero-order valence-corrected chi connectivity index (χ0v) is 13.9. The minimum atomic E-state index is 0.0991. The first kappa shape index (κ1) is 16.6. The number of nitrogens with one attached hydrogen (secondary N) is 1. The molecule has 0 bridgehead atoms. The first-order valence-electron chi connectivity index (χ1n) is 7.62. The third-order valence-electron chi connectivity index (χ3n) is 3.74. The van der Waals surface area contributed by atoms with Crippen LogP contribution in [0.5, 0.6) is 0 Å². The molecule has 2 rings (SSSR count). The fourth-order valence-electron chi connectivity index (χ4n) is 2.50. The molecule has 1 amide bonds. The molecule has 0 atom stereocenters. The second-order valence-electron chi connectivity index (χ2n) is 5.66. The van der Waals surface area contributed by atoms with Crippen LogP contribution in [-0.2, 0) is 17.6 Å². The van der Waals surface area contributed by atoms with Crippen molar-refractivity contribution in [1.82, 2.24) is 5.32 Å². The van der Waals surface area contributed by atoms with E-state index < -0.39 is 0 Å². The van der Waals surface area contributed by atoms with Gasteiger partial charge in [0.1, 0.15) is 0 Å². The third-order valence-corrected chi connectivity index (χ3v) is 3.98. The quantitative estimate of drug-likeness (QED) is 0.848. The van der Waals surface area contributed by atoms with Crippen molar-refractivity contribution in [1.29, 1.82) is 0 Å². The summed E-state index contributed by atoms with van der Waals surface area (Å²) < 4.78 is 0. The molecule has 1 N–H and O–H groups in total. The zero-order chi connectivity index (χ0) is 15.9. The minimum Gasteiger partial charge on any atom is -0.356 e.